The van der Waals surface area contributed by atoms with Crippen LogP contribution in [-0.4, -0.2) is 81.7 Å². The Labute approximate surface area is 193 Å². The van der Waals surface area contributed by atoms with Crippen LogP contribution in [0.25, 0.3) is 0 Å². The minimum Gasteiger partial charge on any atom is -0.490 e. The Hall–Kier alpha value is 0.140. The van der Waals surface area contributed by atoms with Crippen molar-refractivity contribution in [2.75, 3.05) is 60.2 Å². The van der Waals surface area contributed by atoms with Crippen molar-refractivity contribution in [3.63, 3.8) is 0 Å². The van der Waals surface area contributed by atoms with Gasteiger partial charge in [-0.05, 0) is 44.9 Å². The van der Waals surface area contributed by atoms with Crippen LogP contribution in [0.15, 0.2) is 18.2 Å². The van der Waals surface area contributed by atoms with Gasteiger partial charge in [0, 0.05) is 40.6 Å². The topological polar surface area (TPSA) is 58.9 Å². The van der Waals surface area contributed by atoms with Crippen LogP contribution in [0, 0.1) is 6.92 Å². The number of hydrogen-bond donors (Lipinski definition) is 2. The van der Waals surface area contributed by atoms with Gasteiger partial charge in [0.2, 0.25) is 0 Å². The molecule has 0 aliphatic carbocycles. The first kappa shape index (κ1) is 27.2. The molecule has 29 heavy (non-hydrogen) atoms. The summed E-state index contributed by atoms with van der Waals surface area (Å²) >= 11 is 7.10. The van der Waals surface area contributed by atoms with E-state index in [0.29, 0.717) is 23.0 Å². The summed E-state index contributed by atoms with van der Waals surface area (Å²) in [5, 5.41) is 21.1. The van der Waals surface area contributed by atoms with Gasteiger partial charge in [-0.1, -0.05) is 6.07 Å². The molecule has 0 radical (unpaired) electrons. The summed E-state index contributed by atoms with van der Waals surface area (Å²) in [6, 6.07) is 5.66. The van der Waals surface area contributed by atoms with E-state index in [-0.39, 0.29) is 13.2 Å². The molecule has 4 nitrogen and oxygen atoms in total. The minimum atomic E-state index is -0.885. The molecule has 0 bridgehead atoms. The lowest BCUT2D eigenvalue weighted by atomic mass is 10.1. The Balaban J connectivity index is 2.53. The smallest absolute Gasteiger partial charge is 0.126 e. The molecule has 0 fully saturated rings. The highest BCUT2D eigenvalue weighted by atomic mass is 32.2. The molecule has 0 spiro atoms. The molecule has 1 aromatic carbocycles. The number of hydrogen-bond acceptors (Lipinski definition) is 8. The number of benzene rings is 1. The molecule has 8 heteroatoms. The van der Waals surface area contributed by atoms with Crippen LogP contribution in [0.2, 0.25) is 0 Å². The Morgan fingerprint density at radius 2 is 1.34 bits per heavy atom. The zero-order valence-electron chi connectivity index (χ0n) is 18.2. The van der Waals surface area contributed by atoms with Crippen LogP contribution in [0.5, 0.6) is 11.5 Å². The quantitative estimate of drug-likeness (QED) is 0.337. The zero-order chi connectivity index (χ0) is 21.8. The third-order valence-corrected chi connectivity index (χ3v) is 8.32. The van der Waals surface area contributed by atoms with E-state index in [1.807, 2.05) is 48.6 Å². The van der Waals surface area contributed by atoms with Gasteiger partial charge in [0.25, 0.3) is 0 Å². The van der Waals surface area contributed by atoms with Crippen molar-refractivity contribution in [2.24, 2.45) is 0 Å². The number of rotatable bonds is 16. The van der Waals surface area contributed by atoms with Gasteiger partial charge < -0.3 is 19.7 Å². The Morgan fingerprint density at radius 3 is 1.86 bits per heavy atom. The molecule has 1 aromatic rings. The molecule has 1 rings (SSSR count). The van der Waals surface area contributed by atoms with Crippen LogP contribution in [0.1, 0.15) is 19.4 Å². The largest absolute Gasteiger partial charge is 0.490 e. The van der Waals surface area contributed by atoms with Gasteiger partial charge in [-0.3, -0.25) is 0 Å². The van der Waals surface area contributed by atoms with Gasteiger partial charge in [-0.2, -0.15) is 47.0 Å². The van der Waals surface area contributed by atoms with Crippen molar-refractivity contribution in [1.29, 1.82) is 0 Å². The SMILES string of the molecule is CSCCSCC(C)(O)COc1ccc(C)c(OCC(C)(O)CSCCSC)c1. The first-order chi connectivity index (χ1) is 13.7. The maximum atomic E-state index is 10.5. The normalized spacial score (nSPS) is 15.6. The third kappa shape index (κ3) is 12.6. The molecule has 0 saturated carbocycles. The van der Waals surface area contributed by atoms with Gasteiger partial charge in [-0.15, -0.1) is 0 Å². The van der Waals surface area contributed by atoms with Gasteiger partial charge in [0.05, 0.1) is 0 Å². The molecule has 2 unspecified atom stereocenters. The van der Waals surface area contributed by atoms with E-state index in [1.54, 1.807) is 37.4 Å². The van der Waals surface area contributed by atoms with Crippen LogP contribution in [0.4, 0.5) is 0 Å². The van der Waals surface area contributed by atoms with Crippen molar-refractivity contribution in [1.82, 2.24) is 0 Å². The molecule has 168 valence electrons. The molecule has 2 N–H and O–H groups in total. The molecule has 0 aromatic heterocycles. The highest BCUT2D eigenvalue weighted by Gasteiger charge is 2.23. The highest BCUT2D eigenvalue weighted by molar-refractivity contribution is 8.03. The van der Waals surface area contributed by atoms with Crippen molar-refractivity contribution >= 4 is 47.0 Å². The molecule has 0 heterocycles. The van der Waals surface area contributed by atoms with Gasteiger partial charge in [0.1, 0.15) is 35.9 Å². The second-order valence-electron chi connectivity index (χ2n) is 7.59. The van der Waals surface area contributed by atoms with Crippen molar-refractivity contribution in [3.8, 4) is 11.5 Å². The van der Waals surface area contributed by atoms with Crippen molar-refractivity contribution < 1.29 is 19.7 Å². The zero-order valence-corrected chi connectivity index (χ0v) is 21.5. The second-order valence-corrected chi connectivity index (χ2v) is 11.8. The second kappa shape index (κ2) is 14.2. The van der Waals surface area contributed by atoms with E-state index in [4.69, 9.17) is 9.47 Å². The molecule has 2 atom stereocenters. The standard InChI is InChI=1S/C21H36O4S4/c1-17-6-7-18(24-13-20(2,22)15-28-10-8-26-4)12-19(17)25-14-21(3,23)16-29-11-9-27-5/h6-7,12,22-23H,8-11,13-16H2,1-5H3. The van der Waals surface area contributed by atoms with Crippen LogP contribution < -0.4 is 9.47 Å². The predicted molar refractivity (Wildman–Crippen MR) is 135 cm³/mol. The van der Waals surface area contributed by atoms with E-state index >= 15 is 0 Å². The Bertz CT molecular complexity index is 582. The minimum absolute atomic E-state index is 0.228. The number of thioether (sulfide) groups is 4. The molecule has 0 amide bonds. The van der Waals surface area contributed by atoms with Crippen LogP contribution >= 0.6 is 47.0 Å². The van der Waals surface area contributed by atoms with Crippen LogP contribution in [0.3, 0.4) is 0 Å². The highest BCUT2D eigenvalue weighted by Crippen LogP contribution is 2.27. The molecular formula is C21H36O4S4. The predicted octanol–water partition coefficient (Wildman–Crippen LogP) is 4.45. The fourth-order valence-corrected chi connectivity index (χ4v) is 5.86. The lowest BCUT2D eigenvalue weighted by Gasteiger charge is -2.25. The van der Waals surface area contributed by atoms with Gasteiger partial charge in [-0.25, -0.2) is 0 Å². The van der Waals surface area contributed by atoms with Gasteiger partial charge in [0.15, 0.2) is 0 Å². The summed E-state index contributed by atoms with van der Waals surface area (Å²) in [6.07, 6.45) is 4.17. The average molecular weight is 481 g/mol. The summed E-state index contributed by atoms with van der Waals surface area (Å²) in [5.74, 6) is 6.85. The van der Waals surface area contributed by atoms with E-state index in [1.165, 1.54) is 0 Å². The Kier molecular flexibility index (Phi) is 13.4. The maximum Gasteiger partial charge on any atom is 0.126 e. The van der Waals surface area contributed by atoms with E-state index in [9.17, 15) is 10.2 Å². The fraction of sp³-hybridized carbons (Fsp3) is 0.714. The van der Waals surface area contributed by atoms with E-state index in [2.05, 4.69) is 12.5 Å². The summed E-state index contributed by atoms with van der Waals surface area (Å²) in [7, 11) is 0. The molecule has 0 aliphatic heterocycles. The molecule has 0 aliphatic rings. The first-order valence-corrected chi connectivity index (χ1v) is 14.7. The first-order valence-electron chi connectivity index (χ1n) is 9.63. The molecule has 0 saturated heterocycles. The molecular weight excluding hydrogens is 444 g/mol. The van der Waals surface area contributed by atoms with Crippen LogP contribution in [-0.2, 0) is 0 Å². The average Bonchev–Trinajstić information content (AvgIpc) is 2.67. The summed E-state index contributed by atoms with van der Waals surface area (Å²) in [5.41, 5.74) is -0.779. The summed E-state index contributed by atoms with van der Waals surface area (Å²) in [6.45, 7) is 6.04. The summed E-state index contributed by atoms with van der Waals surface area (Å²) in [4.78, 5) is 0. The lowest BCUT2D eigenvalue weighted by Crippen LogP contribution is -2.35. The Morgan fingerprint density at radius 1 is 0.828 bits per heavy atom. The monoisotopic (exact) mass is 480 g/mol. The number of aryl methyl sites for hydroxylation is 1. The summed E-state index contributed by atoms with van der Waals surface area (Å²) < 4.78 is 11.7. The van der Waals surface area contributed by atoms with E-state index < -0.39 is 11.2 Å². The van der Waals surface area contributed by atoms with Crippen molar-refractivity contribution in [2.45, 2.75) is 32.0 Å². The fourth-order valence-electron chi connectivity index (χ4n) is 2.25. The van der Waals surface area contributed by atoms with E-state index in [0.717, 1.165) is 28.6 Å². The van der Waals surface area contributed by atoms with Crippen molar-refractivity contribution in [3.05, 3.63) is 23.8 Å². The lowest BCUT2D eigenvalue weighted by molar-refractivity contribution is 0.0302. The maximum absolute atomic E-state index is 10.5. The number of aliphatic hydroxyl groups is 2. The third-order valence-electron chi connectivity index (χ3n) is 3.94. The van der Waals surface area contributed by atoms with Gasteiger partial charge >= 0.3 is 0 Å². The number of ether oxygens (including phenoxy) is 2.